The molecule has 0 N–H and O–H groups in total. The van der Waals surface area contributed by atoms with Gasteiger partial charge in [0.25, 0.3) is 0 Å². The summed E-state index contributed by atoms with van der Waals surface area (Å²) < 4.78 is 50.8. The lowest BCUT2D eigenvalue weighted by Crippen LogP contribution is -2.34. The highest BCUT2D eigenvalue weighted by atomic mass is 19.1. The molecule has 4 aliphatic carbocycles. The number of halogens is 2. The third-order valence-electron chi connectivity index (χ3n) is 10.8. The Labute approximate surface area is 272 Å². The van der Waals surface area contributed by atoms with E-state index in [1.165, 1.54) is 25.7 Å². The third-order valence-corrected chi connectivity index (χ3v) is 10.8. The topological polar surface area (TPSA) is 71.1 Å². The van der Waals surface area contributed by atoms with Crippen LogP contribution in [0.15, 0.2) is 36.4 Å². The van der Waals surface area contributed by atoms with E-state index in [0.29, 0.717) is 74.4 Å². The molecule has 0 radical (unpaired) electrons. The van der Waals surface area contributed by atoms with Crippen molar-refractivity contribution in [1.82, 2.24) is 0 Å². The van der Waals surface area contributed by atoms with Crippen LogP contribution in [0.5, 0.6) is 23.0 Å². The molecule has 0 unspecified atom stereocenters. The number of benzene rings is 2. The molecule has 4 fully saturated rings. The van der Waals surface area contributed by atoms with Crippen molar-refractivity contribution in [2.24, 2.45) is 0 Å². The Morgan fingerprint density at radius 2 is 0.935 bits per heavy atom. The van der Waals surface area contributed by atoms with Gasteiger partial charge in [0.05, 0.1) is 39.8 Å². The number of carbonyl (C=O) groups excluding carboxylic acids is 2. The minimum atomic E-state index is -0.548. The van der Waals surface area contributed by atoms with Gasteiger partial charge in [0.2, 0.25) is 0 Å². The smallest absolute Gasteiger partial charge is 0.161 e. The summed E-state index contributed by atoms with van der Waals surface area (Å²) in [6, 6.07) is 11.5. The average Bonchev–Trinajstić information content (AvgIpc) is 3.81. The van der Waals surface area contributed by atoms with E-state index >= 15 is 0 Å². The predicted molar refractivity (Wildman–Crippen MR) is 174 cm³/mol. The molecule has 0 aliphatic heterocycles. The predicted octanol–water partition coefficient (Wildman–Crippen LogP) is 8.73. The van der Waals surface area contributed by atoms with Gasteiger partial charge < -0.3 is 18.9 Å². The molecule has 6 nitrogen and oxygen atoms in total. The number of alkyl halides is 2. The molecular weight excluding hydrogens is 590 g/mol. The fourth-order valence-electron chi connectivity index (χ4n) is 7.58. The number of methoxy groups -OCH3 is 2. The molecule has 8 heteroatoms. The van der Waals surface area contributed by atoms with Crippen molar-refractivity contribution in [2.45, 2.75) is 126 Å². The van der Waals surface area contributed by atoms with Gasteiger partial charge in [-0.3, -0.25) is 18.4 Å². The van der Waals surface area contributed by atoms with Crippen LogP contribution in [0.4, 0.5) is 8.78 Å². The molecule has 0 bridgehead atoms. The molecule has 46 heavy (non-hydrogen) atoms. The first kappa shape index (κ1) is 34.2. The summed E-state index contributed by atoms with van der Waals surface area (Å²) >= 11 is 0. The minimum Gasteiger partial charge on any atom is -0.493 e. The second kappa shape index (κ2) is 15.6. The van der Waals surface area contributed by atoms with Gasteiger partial charge in [0.1, 0.15) is 11.6 Å². The van der Waals surface area contributed by atoms with E-state index in [1.807, 2.05) is 36.4 Å². The second-order valence-electron chi connectivity index (χ2n) is 13.7. The highest BCUT2D eigenvalue weighted by molar-refractivity contribution is 5.80. The Morgan fingerprint density at radius 3 is 1.24 bits per heavy atom. The highest BCUT2D eigenvalue weighted by Crippen LogP contribution is 2.44. The minimum absolute atomic E-state index is 0.230. The standard InChI is InChI=1S/2C19H25FO3/c2*1-22-17-7-6-14(12-18(17)23-16-4-2-3-5-16)19(13-20)10-8-15(21)9-11-19/h2*6-7,12,16H,2-5,8-11,13H2,1H3. The number of ketones is 2. The largest absolute Gasteiger partial charge is 0.493 e. The third kappa shape index (κ3) is 7.86. The zero-order valence-corrected chi connectivity index (χ0v) is 27.6. The van der Waals surface area contributed by atoms with Gasteiger partial charge in [-0.15, -0.1) is 0 Å². The van der Waals surface area contributed by atoms with Crippen molar-refractivity contribution in [3.63, 3.8) is 0 Å². The van der Waals surface area contributed by atoms with Gasteiger partial charge in [-0.1, -0.05) is 12.1 Å². The van der Waals surface area contributed by atoms with Gasteiger partial charge in [-0.05, 0) is 112 Å². The Bertz CT molecular complexity index is 1210. The monoisotopic (exact) mass is 640 g/mol. The molecule has 2 aromatic carbocycles. The van der Waals surface area contributed by atoms with Crippen LogP contribution >= 0.6 is 0 Å². The van der Waals surface area contributed by atoms with Crippen LogP contribution in [0.1, 0.15) is 114 Å². The summed E-state index contributed by atoms with van der Waals surface area (Å²) in [5.41, 5.74) is 0.768. The van der Waals surface area contributed by atoms with Crippen molar-refractivity contribution in [2.75, 3.05) is 27.6 Å². The molecule has 0 aromatic heterocycles. The molecule has 4 saturated carbocycles. The summed E-state index contributed by atoms with van der Waals surface area (Å²) in [7, 11) is 3.25. The lowest BCUT2D eigenvalue weighted by atomic mass is 9.70. The van der Waals surface area contributed by atoms with Gasteiger partial charge >= 0.3 is 0 Å². The average molecular weight is 641 g/mol. The lowest BCUT2D eigenvalue weighted by molar-refractivity contribution is -0.122. The molecule has 0 saturated heterocycles. The lowest BCUT2D eigenvalue weighted by Gasteiger charge is -2.35. The van der Waals surface area contributed by atoms with Crippen molar-refractivity contribution < 1.29 is 37.3 Å². The Hall–Kier alpha value is -3.16. The molecule has 0 amide bonds. The van der Waals surface area contributed by atoms with Crippen LogP contribution in [0.25, 0.3) is 0 Å². The molecule has 6 rings (SSSR count). The van der Waals surface area contributed by atoms with Crippen LogP contribution in [0, 0.1) is 0 Å². The van der Waals surface area contributed by atoms with E-state index in [4.69, 9.17) is 18.9 Å². The second-order valence-corrected chi connectivity index (χ2v) is 13.7. The number of hydrogen-bond donors (Lipinski definition) is 0. The van der Waals surface area contributed by atoms with Gasteiger partial charge in [0.15, 0.2) is 23.0 Å². The van der Waals surface area contributed by atoms with E-state index in [2.05, 4.69) is 0 Å². The van der Waals surface area contributed by atoms with E-state index in [-0.39, 0.29) is 23.8 Å². The SMILES string of the molecule is COc1ccc(C2(CF)CCC(=O)CC2)cc1OC1CCCC1.COc1ccc(C2(CF)CCC(=O)CC2)cc1OC1CCCC1. The zero-order chi connectivity index (χ0) is 32.6. The van der Waals surface area contributed by atoms with Crippen LogP contribution in [0.3, 0.4) is 0 Å². The maximum absolute atomic E-state index is 13.9. The molecule has 0 atom stereocenters. The van der Waals surface area contributed by atoms with Crippen molar-refractivity contribution >= 4 is 11.6 Å². The molecular formula is C38H50F2O6. The summed E-state index contributed by atoms with van der Waals surface area (Å²) in [5, 5.41) is 0. The van der Waals surface area contributed by atoms with E-state index in [0.717, 1.165) is 36.8 Å². The first-order valence-corrected chi connectivity index (χ1v) is 17.2. The maximum atomic E-state index is 13.9. The normalized spacial score (nSPS) is 21.4. The summed E-state index contributed by atoms with van der Waals surface area (Å²) in [6.07, 6.45) is 13.7. The van der Waals surface area contributed by atoms with E-state index in [1.54, 1.807) is 14.2 Å². The van der Waals surface area contributed by atoms with Crippen molar-refractivity contribution in [3.05, 3.63) is 47.5 Å². The summed E-state index contributed by atoms with van der Waals surface area (Å²) in [5.74, 6) is 3.29. The maximum Gasteiger partial charge on any atom is 0.161 e. The van der Waals surface area contributed by atoms with Crippen LogP contribution in [-0.4, -0.2) is 51.3 Å². The van der Waals surface area contributed by atoms with Crippen LogP contribution in [0.2, 0.25) is 0 Å². The number of hydrogen-bond acceptors (Lipinski definition) is 6. The highest BCUT2D eigenvalue weighted by Gasteiger charge is 2.38. The number of ether oxygens (including phenoxy) is 4. The van der Waals surface area contributed by atoms with Gasteiger partial charge in [-0.25, -0.2) is 0 Å². The summed E-state index contributed by atoms with van der Waals surface area (Å²) in [6.45, 7) is -0.870. The fourth-order valence-corrected chi connectivity index (χ4v) is 7.58. The first-order valence-electron chi connectivity index (χ1n) is 17.2. The first-order chi connectivity index (χ1) is 22.3. The van der Waals surface area contributed by atoms with Crippen molar-refractivity contribution in [3.8, 4) is 23.0 Å². The molecule has 2 aromatic rings. The Morgan fingerprint density at radius 1 is 0.587 bits per heavy atom. The fraction of sp³-hybridized carbons (Fsp3) is 0.632. The number of rotatable bonds is 10. The molecule has 4 aliphatic rings. The molecule has 252 valence electrons. The molecule has 0 heterocycles. The molecule has 0 spiro atoms. The van der Waals surface area contributed by atoms with Crippen LogP contribution in [-0.2, 0) is 20.4 Å². The Balaban J connectivity index is 0.000000181. The number of carbonyl (C=O) groups is 2. The zero-order valence-electron chi connectivity index (χ0n) is 27.6. The number of Topliss-reactive ketones (excluding diaryl/α,β-unsaturated/α-hetero) is 2. The van der Waals surface area contributed by atoms with Gasteiger partial charge in [-0.2, -0.15) is 0 Å². The quantitative estimate of drug-likeness (QED) is 0.259. The van der Waals surface area contributed by atoms with E-state index < -0.39 is 24.2 Å². The van der Waals surface area contributed by atoms with E-state index in [9.17, 15) is 18.4 Å². The van der Waals surface area contributed by atoms with Gasteiger partial charge in [0, 0.05) is 36.5 Å². The Kier molecular flexibility index (Phi) is 11.6. The summed E-state index contributed by atoms with van der Waals surface area (Å²) in [4.78, 5) is 23.1. The van der Waals surface area contributed by atoms with Crippen molar-refractivity contribution in [1.29, 1.82) is 0 Å². The van der Waals surface area contributed by atoms with Crippen LogP contribution < -0.4 is 18.9 Å².